The van der Waals surface area contributed by atoms with Gasteiger partial charge in [-0.05, 0) is 48.3 Å². The van der Waals surface area contributed by atoms with E-state index in [1.165, 1.54) is 17.0 Å². The van der Waals surface area contributed by atoms with E-state index in [2.05, 4.69) is 46.1 Å². The number of H-pyrrole nitrogens is 1. The lowest BCUT2D eigenvalue weighted by atomic mass is 9.97. The van der Waals surface area contributed by atoms with Crippen molar-refractivity contribution in [3.8, 4) is 16.9 Å². The largest absolute Gasteiger partial charge is 0.507 e. The Balaban J connectivity index is 1.64. The highest BCUT2D eigenvalue weighted by Gasteiger charge is 2.17. The first-order valence-electron chi connectivity index (χ1n) is 9.41. The summed E-state index contributed by atoms with van der Waals surface area (Å²) in [6.07, 6.45) is 0. The van der Waals surface area contributed by atoms with Gasteiger partial charge in [0.1, 0.15) is 10.4 Å². The van der Waals surface area contributed by atoms with Crippen LogP contribution >= 0.6 is 11.3 Å². The minimum absolute atomic E-state index is 0.0837. The van der Waals surface area contributed by atoms with Gasteiger partial charge in [0, 0.05) is 53.7 Å². The fourth-order valence-electron chi connectivity index (χ4n) is 4.03. The summed E-state index contributed by atoms with van der Waals surface area (Å²) in [5.41, 5.74) is 3.57. The normalized spacial score (nSPS) is 15.5. The van der Waals surface area contributed by atoms with E-state index in [1.54, 1.807) is 12.1 Å². The Morgan fingerprint density at radius 1 is 1.00 bits per heavy atom. The van der Waals surface area contributed by atoms with E-state index < -0.39 is 0 Å². The molecule has 0 unspecified atom stereocenters. The number of hydrogen-bond acceptors (Lipinski definition) is 5. The lowest BCUT2D eigenvalue weighted by molar-refractivity contribution is 0.313. The van der Waals surface area contributed by atoms with Crippen LogP contribution in [0.25, 0.3) is 32.1 Å². The van der Waals surface area contributed by atoms with Gasteiger partial charge in [0.25, 0.3) is 5.56 Å². The molecule has 1 saturated heterocycles. The molecule has 1 aliphatic heterocycles. The van der Waals surface area contributed by atoms with Crippen molar-refractivity contribution in [1.82, 2.24) is 9.88 Å². The third-order valence-corrected chi connectivity index (χ3v) is 6.51. The van der Waals surface area contributed by atoms with Gasteiger partial charge in [0.05, 0.1) is 0 Å². The van der Waals surface area contributed by atoms with E-state index in [0.717, 1.165) is 53.6 Å². The van der Waals surface area contributed by atoms with E-state index in [9.17, 15) is 9.90 Å². The van der Waals surface area contributed by atoms with Crippen LogP contribution in [0.3, 0.4) is 0 Å². The van der Waals surface area contributed by atoms with Gasteiger partial charge in [0.2, 0.25) is 0 Å². The first-order valence-corrected chi connectivity index (χ1v) is 10.3. The fraction of sp³-hybridized carbons (Fsp3) is 0.227. The third-order valence-electron chi connectivity index (χ3n) is 5.60. The number of aromatic amines is 1. The highest BCUT2D eigenvalue weighted by molar-refractivity contribution is 7.17. The maximum atomic E-state index is 12.3. The molecule has 1 aliphatic rings. The van der Waals surface area contributed by atoms with Gasteiger partial charge in [-0.1, -0.05) is 12.1 Å². The first-order chi connectivity index (χ1) is 13.6. The zero-order valence-electron chi connectivity index (χ0n) is 15.6. The van der Waals surface area contributed by atoms with Crippen LogP contribution < -0.4 is 10.5 Å². The molecule has 0 radical (unpaired) electrons. The first kappa shape index (κ1) is 17.3. The second kappa shape index (κ2) is 6.65. The summed E-state index contributed by atoms with van der Waals surface area (Å²) in [5.74, 6) is 0.222. The number of likely N-dealkylation sites (N-methyl/N-ethyl adjacent to an activating group) is 1. The molecule has 6 heteroatoms. The SMILES string of the molecule is CN1CCN(c2ccc(-c3c(O)ccc4[nH]c(=O)c5sccc5c34)cc2)CC1. The number of anilines is 1. The number of nitrogens with one attached hydrogen (secondary N) is 1. The molecule has 0 amide bonds. The third kappa shape index (κ3) is 2.77. The van der Waals surface area contributed by atoms with Gasteiger partial charge < -0.3 is 19.9 Å². The summed E-state index contributed by atoms with van der Waals surface area (Å²) in [7, 11) is 2.15. The Hall–Kier alpha value is -2.83. The van der Waals surface area contributed by atoms with Gasteiger partial charge >= 0.3 is 0 Å². The molecule has 142 valence electrons. The molecule has 3 heterocycles. The number of fused-ring (bicyclic) bond motifs is 3. The monoisotopic (exact) mass is 391 g/mol. The molecule has 2 aromatic carbocycles. The lowest BCUT2D eigenvalue weighted by Gasteiger charge is -2.34. The number of benzene rings is 2. The summed E-state index contributed by atoms with van der Waals surface area (Å²) in [4.78, 5) is 20.0. The molecule has 0 bridgehead atoms. The van der Waals surface area contributed by atoms with Crippen molar-refractivity contribution in [3.05, 3.63) is 58.2 Å². The van der Waals surface area contributed by atoms with Crippen molar-refractivity contribution in [2.24, 2.45) is 0 Å². The second-order valence-electron chi connectivity index (χ2n) is 7.34. The number of aromatic hydroxyl groups is 1. The number of thiophene rings is 1. The number of rotatable bonds is 2. The van der Waals surface area contributed by atoms with Crippen LogP contribution in [0.4, 0.5) is 5.69 Å². The number of hydrogen-bond donors (Lipinski definition) is 2. The van der Waals surface area contributed by atoms with Crippen LogP contribution in [0.1, 0.15) is 0 Å². The molecule has 28 heavy (non-hydrogen) atoms. The Bertz CT molecular complexity index is 1220. The Labute approximate surface area is 166 Å². The van der Waals surface area contributed by atoms with E-state index in [1.807, 2.05) is 11.4 Å². The number of aromatic nitrogens is 1. The van der Waals surface area contributed by atoms with E-state index in [0.29, 0.717) is 4.70 Å². The van der Waals surface area contributed by atoms with E-state index in [-0.39, 0.29) is 11.3 Å². The molecule has 0 atom stereocenters. The molecule has 0 saturated carbocycles. The number of piperazine rings is 1. The number of phenolic OH excluding ortho intramolecular Hbond substituents is 1. The maximum absolute atomic E-state index is 12.3. The minimum atomic E-state index is -0.0837. The number of nitrogens with zero attached hydrogens (tertiary/aromatic N) is 2. The maximum Gasteiger partial charge on any atom is 0.266 e. The van der Waals surface area contributed by atoms with Gasteiger partial charge in [-0.2, -0.15) is 0 Å². The fourth-order valence-corrected chi connectivity index (χ4v) is 4.83. The van der Waals surface area contributed by atoms with Gasteiger partial charge in [-0.15, -0.1) is 11.3 Å². The van der Waals surface area contributed by atoms with E-state index >= 15 is 0 Å². The summed E-state index contributed by atoms with van der Waals surface area (Å²) in [5, 5.41) is 14.4. The molecular formula is C22H21N3O2S. The van der Waals surface area contributed by atoms with Gasteiger partial charge in [-0.25, -0.2) is 0 Å². The molecule has 0 spiro atoms. The Morgan fingerprint density at radius 3 is 2.50 bits per heavy atom. The van der Waals surface area contributed by atoms with Crippen molar-refractivity contribution in [2.75, 3.05) is 38.1 Å². The quantitative estimate of drug-likeness (QED) is 0.545. The molecule has 5 nitrogen and oxygen atoms in total. The molecule has 4 aromatic rings. The molecule has 2 aromatic heterocycles. The van der Waals surface area contributed by atoms with Crippen LogP contribution in [0.5, 0.6) is 5.75 Å². The minimum Gasteiger partial charge on any atom is -0.507 e. The van der Waals surface area contributed by atoms with Crippen molar-refractivity contribution in [3.63, 3.8) is 0 Å². The summed E-state index contributed by atoms with van der Waals surface area (Å²) >= 11 is 1.42. The Morgan fingerprint density at radius 2 is 1.75 bits per heavy atom. The number of pyridine rings is 1. The van der Waals surface area contributed by atoms with E-state index in [4.69, 9.17) is 0 Å². The van der Waals surface area contributed by atoms with Crippen molar-refractivity contribution >= 4 is 38.0 Å². The average molecular weight is 391 g/mol. The molecule has 1 fully saturated rings. The summed E-state index contributed by atoms with van der Waals surface area (Å²) < 4.78 is 0.688. The molecule has 0 aliphatic carbocycles. The second-order valence-corrected chi connectivity index (χ2v) is 8.25. The van der Waals surface area contributed by atoms with Crippen molar-refractivity contribution in [1.29, 1.82) is 0 Å². The predicted octanol–water partition coefficient (Wildman–Crippen LogP) is 3.87. The predicted molar refractivity (Wildman–Crippen MR) is 117 cm³/mol. The zero-order valence-corrected chi connectivity index (χ0v) is 16.4. The molecule has 2 N–H and O–H groups in total. The molecule has 5 rings (SSSR count). The van der Waals surface area contributed by atoms with Gasteiger partial charge in [0.15, 0.2) is 0 Å². The average Bonchev–Trinajstić information content (AvgIpc) is 3.20. The Kier molecular flexibility index (Phi) is 4.10. The highest BCUT2D eigenvalue weighted by Crippen LogP contribution is 2.40. The van der Waals surface area contributed by atoms with Crippen LogP contribution in [0.15, 0.2) is 52.6 Å². The number of phenols is 1. The van der Waals surface area contributed by atoms with Crippen LogP contribution in [-0.4, -0.2) is 48.2 Å². The standard InChI is InChI=1S/C22H21N3O2S/c1-24-9-11-25(12-10-24)15-4-2-14(3-5-15)19-18(26)7-6-17-20(19)16-8-13-28-21(16)22(27)23-17/h2-8,13,26H,9-12H2,1H3,(H,23,27). The van der Waals surface area contributed by atoms with Crippen LogP contribution in [0.2, 0.25) is 0 Å². The summed E-state index contributed by atoms with van der Waals surface area (Å²) in [6.45, 7) is 4.17. The van der Waals surface area contributed by atoms with Crippen molar-refractivity contribution < 1.29 is 5.11 Å². The van der Waals surface area contributed by atoms with Crippen LogP contribution in [-0.2, 0) is 0 Å². The zero-order chi connectivity index (χ0) is 19.3. The van der Waals surface area contributed by atoms with Crippen LogP contribution in [0, 0.1) is 0 Å². The topological polar surface area (TPSA) is 59.6 Å². The smallest absolute Gasteiger partial charge is 0.266 e. The lowest BCUT2D eigenvalue weighted by Crippen LogP contribution is -2.44. The highest BCUT2D eigenvalue weighted by atomic mass is 32.1. The summed E-state index contributed by atoms with van der Waals surface area (Å²) in [6, 6.07) is 13.7. The van der Waals surface area contributed by atoms with Crippen molar-refractivity contribution in [2.45, 2.75) is 0 Å². The van der Waals surface area contributed by atoms with Gasteiger partial charge in [-0.3, -0.25) is 4.79 Å². The molecular weight excluding hydrogens is 370 g/mol.